The van der Waals surface area contributed by atoms with Gasteiger partial charge in [-0.25, -0.2) is 0 Å². The maximum atomic E-state index is 14.2. The summed E-state index contributed by atoms with van der Waals surface area (Å²) < 4.78 is 169. The summed E-state index contributed by atoms with van der Waals surface area (Å²) in [6, 6.07) is 8.51. The van der Waals surface area contributed by atoms with Gasteiger partial charge in [-0.15, -0.1) is 0 Å². The molecule has 0 saturated carbocycles. The second kappa shape index (κ2) is 13.7. The Kier molecular flexibility index (Phi) is 10.9. The van der Waals surface area contributed by atoms with Crippen LogP contribution in [-0.4, -0.2) is 24.7 Å². The number of anilines is 4. The first kappa shape index (κ1) is 41.7. The quantitative estimate of drug-likeness (QED) is 0.123. The summed E-state index contributed by atoms with van der Waals surface area (Å²) in [5.74, 6) is 0. The van der Waals surface area contributed by atoms with E-state index in [-0.39, 0.29) is 45.0 Å². The maximum absolute atomic E-state index is 14.2. The molecular formula is C36H36F12N4. The van der Waals surface area contributed by atoms with Crippen LogP contribution in [0.15, 0.2) is 60.7 Å². The van der Waals surface area contributed by atoms with Crippen LogP contribution in [0.25, 0.3) is 0 Å². The third-order valence-electron chi connectivity index (χ3n) is 9.39. The average Bonchev–Trinajstić information content (AvgIpc) is 2.96. The summed E-state index contributed by atoms with van der Waals surface area (Å²) in [6.07, 6.45) is -22.6. The van der Waals surface area contributed by atoms with E-state index in [1.165, 1.54) is 41.5 Å². The predicted molar refractivity (Wildman–Crippen MR) is 178 cm³/mol. The molecule has 0 spiro atoms. The van der Waals surface area contributed by atoms with Crippen molar-refractivity contribution in [1.29, 1.82) is 0 Å². The van der Waals surface area contributed by atoms with Crippen LogP contribution in [0, 0.1) is 41.5 Å². The third kappa shape index (κ3) is 6.90. The predicted octanol–water partition coefficient (Wildman–Crippen LogP) is 10.4. The van der Waals surface area contributed by atoms with Crippen molar-refractivity contribution in [3.63, 3.8) is 0 Å². The summed E-state index contributed by atoms with van der Waals surface area (Å²) in [4.78, 5) is 0. The van der Waals surface area contributed by atoms with E-state index < -0.39 is 57.8 Å². The van der Waals surface area contributed by atoms with Crippen LogP contribution in [0.1, 0.15) is 55.6 Å². The topological polar surface area (TPSA) is 104 Å². The number of rotatable bonds is 4. The normalized spacial score (nSPS) is 13.1. The van der Waals surface area contributed by atoms with E-state index in [9.17, 15) is 52.7 Å². The molecule has 0 saturated heterocycles. The molecule has 0 unspecified atom stereocenters. The van der Waals surface area contributed by atoms with Crippen molar-refractivity contribution >= 4 is 22.7 Å². The van der Waals surface area contributed by atoms with E-state index in [1.807, 2.05) is 0 Å². The minimum Gasteiger partial charge on any atom is -0.399 e. The summed E-state index contributed by atoms with van der Waals surface area (Å²) in [5.41, 5.74) is 11.8. The van der Waals surface area contributed by atoms with Gasteiger partial charge in [-0.05, 0) is 121 Å². The van der Waals surface area contributed by atoms with Crippen LogP contribution < -0.4 is 22.9 Å². The fraction of sp³-hybridized carbons (Fsp3) is 0.333. The molecule has 0 aromatic heterocycles. The highest BCUT2D eigenvalue weighted by Crippen LogP contribution is 2.58. The largest absolute Gasteiger partial charge is 0.411 e. The lowest BCUT2D eigenvalue weighted by molar-refractivity contribution is -0.290. The van der Waals surface area contributed by atoms with Crippen LogP contribution in [-0.2, 0) is 10.8 Å². The van der Waals surface area contributed by atoms with Crippen LogP contribution >= 0.6 is 0 Å². The highest BCUT2D eigenvalue weighted by atomic mass is 19.4. The van der Waals surface area contributed by atoms with Gasteiger partial charge in [-0.3, -0.25) is 0 Å². The highest BCUT2D eigenvalue weighted by Gasteiger charge is 2.73. The molecule has 4 aromatic rings. The molecule has 0 amide bonds. The summed E-state index contributed by atoms with van der Waals surface area (Å²) in [5, 5.41) is 0. The molecular weight excluding hydrogens is 716 g/mol. The van der Waals surface area contributed by atoms with Gasteiger partial charge in [0.05, 0.1) is 0 Å². The molecule has 0 heterocycles. The Bertz CT molecular complexity index is 1770. The minimum atomic E-state index is -5.67. The van der Waals surface area contributed by atoms with Crippen LogP contribution in [0.5, 0.6) is 0 Å². The van der Waals surface area contributed by atoms with Crippen molar-refractivity contribution in [2.75, 3.05) is 22.9 Å². The minimum absolute atomic E-state index is 0.107. The number of halogens is 12. The van der Waals surface area contributed by atoms with Crippen molar-refractivity contribution in [3.05, 3.63) is 116 Å². The zero-order valence-electron chi connectivity index (χ0n) is 28.6. The van der Waals surface area contributed by atoms with Gasteiger partial charge in [0.2, 0.25) is 10.8 Å². The first-order valence-electron chi connectivity index (χ1n) is 15.2. The zero-order chi connectivity index (χ0) is 40.2. The molecule has 4 aromatic carbocycles. The standard InChI is InChI=1S/C19H20F6N2.C17H16F6N2/c1-9-5-13(7-15(26)11(9)3)17(18(20,21)22,19(23,24)25)14-6-10(2)12(4)16(27)8-14;1-9-7-11(3-5-13(9)24)15(16(18,19)20,17(21,22)23)12-4-6-14(25)10(2)8-12/h5-8H,26-27H2,1-4H3;3-8H,24-25H2,1-2H3. The summed E-state index contributed by atoms with van der Waals surface area (Å²) >= 11 is 0. The monoisotopic (exact) mass is 752 g/mol. The van der Waals surface area contributed by atoms with Gasteiger partial charge in [-0.2, -0.15) is 52.7 Å². The third-order valence-corrected chi connectivity index (χ3v) is 9.39. The Balaban J connectivity index is 0.000000281. The van der Waals surface area contributed by atoms with Crippen molar-refractivity contribution in [2.24, 2.45) is 0 Å². The van der Waals surface area contributed by atoms with Crippen molar-refractivity contribution in [3.8, 4) is 0 Å². The summed E-state index contributed by atoms with van der Waals surface area (Å²) in [6.45, 7) is 8.61. The maximum Gasteiger partial charge on any atom is 0.411 e. The van der Waals surface area contributed by atoms with Gasteiger partial charge in [0.25, 0.3) is 0 Å². The highest BCUT2D eigenvalue weighted by molar-refractivity contribution is 5.61. The number of aryl methyl sites for hydroxylation is 4. The Morgan fingerprint density at radius 3 is 0.808 bits per heavy atom. The van der Waals surface area contributed by atoms with Crippen molar-refractivity contribution < 1.29 is 52.7 Å². The molecule has 0 atom stereocenters. The number of nitrogens with two attached hydrogens (primary N) is 4. The zero-order valence-corrected chi connectivity index (χ0v) is 28.6. The molecule has 0 aliphatic rings. The molecule has 0 fully saturated rings. The number of alkyl halides is 12. The van der Waals surface area contributed by atoms with Gasteiger partial charge in [-0.1, -0.05) is 36.4 Å². The van der Waals surface area contributed by atoms with Crippen LogP contribution in [0.4, 0.5) is 75.4 Å². The number of hydrogen-bond donors (Lipinski definition) is 4. The fourth-order valence-corrected chi connectivity index (χ4v) is 5.99. The number of nitrogen functional groups attached to an aromatic ring is 4. The lowest BCUT2D eigenvalue weighted by atomic mass is 9.71. The van der Waals surface area contributed by atoms with Gasteiger partial charge in [0, 0.05) is 22.7 Å². The van der Waals surface area contributed by atoms with E-state index in [4.69, 9.17) is 22.9 Å². The smallest absolute Gasteiger partial charge is 0.399 e. The van der Waals surface area contributed by atoms with Gasteiger partial charge < -0.3 is 22.9 Å². The van der Waals surface area contributed by atoms with E-state index in [2.05, 4.69) is 0 Å². The first-order valence-corrected chi connectivity index (χ1v) is 15.2. The Morgan fingerprint density at radius 2 is 0.577 bits per heavy atom. The molecule has 0 aliphatic heterocycles. The number of hydrogen-bond acceptors (Lipinski definition) is 4. The van der Waals surface area contributed by atoms with Gasteiger partial charge in [0.1, 0.15) is 0 Å². The Hall–Kier alpha value is -4.76. The van der Waals surface area contributed by atoms with E-state index in [0.717, 1.165) is 60.7 Å². The van der Waals surface area contributed by atoms with Crippen LogP contribution in [0.2, 0.25) is 0 Å². The molecule has 4 rings (SSSR count). The van der Waals surface area contributed by atoms with Gasteiger partial charge in [0.15, 0.2) is 0 Å². The number of benzene rings is 4. The lowest BCUT2D eigenvalue weighted by Crippen LogP contribution is -2.55. The molecule has 4 nitrogen and oxygen atoms in total. The summed E-state index contributed by atoms with van der Waals surface area (Å²) in [7, 11) is 0. The second-order valence-electron chi connectivity index (χ2n) is 12.6. The molecule has 0 radical (unpaired) electrons. The molecule has 0 bridgehead atoms. The Morgan fingerprint density at radius 1 is 0.327 bits per heavy atom. The van der Waals surface area contributed by atoms with Crippen molar-refractivity contribution in [2.45, 2.75) is 77.1 Å². The van der Waals surface area contributed by atoms with E-state index in [0.29, 0.717) is 11.1 Å². The van der Waals surface area contributed by atoms with Crippen molar-refractivity contribution in [1.82, 2.24) is 0 Å². The SMILES string of the molecule is Cc1cc(C(c2cc(C)c(C)c(N)c2)(C(F)(F)F)C(F)(F)F)cc(N)c1C.Cc1cc(C(c2ccc(N)c(C)c2)(C(F)(F)F)C(F)(F)F)ccc1N. The second-order valence-corrected chi connectivity index (χ2v) is 12.6. The Labute approximate surface area is 291 Å². The molecule has 284 valence electrons. The van der Waals surface area contributed by atoms with E-state index >= 15 is 0 Å². The average molecular weight is 753 g/mol. The molecule has 52 heavy (non-hydrogen) atoms. The fourth-order valence-electron chi connectivity index (χ4n) is 5.99. The van der Waals surface area contributed by atoms with Gasteiger partial charge >= 0.3 is 24.7 Å². The first-order chi connectivity index (χ1) is 23.5. The molecule has 0 aliphatic carbocycles. The van der Waals surface area contributed by atoms with Crippen LogP contribution in [0.3, 0.4) is 0 Å². The molecule has 8 N–H and O–H groups in total. The molecule has 16 heteroatoms. The lowest BCUT2D eigenvalue weighted by Gasteiger charge is -2.39. The van der Waals surface area contributed by atoms with E-state index in [1.54, 1.807) is 0 Å².